The lowest BCUT2D eigenvalue weighted by atomic mass is 9.70. The predicted octanol–water partition coefficient (Wildman–Crippen LogP) is 4.13. The Morgan fingerprint density at radius 3 is 2.36 bits per heavy atom. The summed E-state index contributed by atoms with van der Waals surface area (Å²) in [5, 5.41) is 10.5. The van der Waals surface area contributed by atoms with Crippen LogP contribution in [0.1, 0.15) is 47.0 Å². The zero-order valence-electron chi connectivity index (χ0n) is 23.7. The normalized spacial score (nSPS) is 28.1. The molecular weight excluding hydrogens is 510 g/mol. The summed E-state index contributed by atoms with van der Waals surface area (Å²) in [5.41, 5.74) is 0.768. The lowest BCUT2D eigenvalue weighted by molar-refractivity contribution is -0.146. The maximum absolute atomic E-state index is 14.5. The number of benzene rings is 1. The van der Waals surface area contributed by atoms with Crippen LogP contribution in [0.3, 0.4) is 0 Å². The summed E-state index contributed by atoms with van der Waals surface area (Å²) in [7, 11) is 0. The number of fused-ring (bicyclic) bond motifs is 1. The molecule has 1 spiro atoms. The molecule has 3 fully saturated rings. The van der Waals surface area contributed by atoms with Crippen LogP contribution >= 0.6 is 11.8 Å². The minimum absolute atomic E-state index is 0.0375. The zero-order chi connectivity index (χ0) is 28.5. The van der Waals surface area contributed by atoms with E-state index in [1.165, 1.54) is 0 Å². The Bertz CT molecular complexity index is 1090. The fraction of sp³-hybridized carbons (Fsp3) is 0.581. The number of rotatable bonds is 12. The lowest BCUT2D eigenvalue weighted by Crippen LogP contribution is -2.58. The third-order valence-electron chi connectivity index (χ3n) is 8.48. The third kappa shape index (κ3) is 5.06. The van der Waals surface area contributed by atoms with Crippen LogP contribution in [0.4, 0.5) is 5.69 Å². The standard InChI is InChI=1S/C31H43N3O4S/c1-7-16-32(21(5)6)30(38)27-31-15-14-24(39-31)25(26(31)29(37)34(27)23(19-35)18-20(3)4)28(36)33(17-8-2)22-12-10-9-11-13-22/h7-13,20-21,23-27,35H,1-2,14-19H2,3-6H3/t23-,24-,25+,26+,27?,31?/m1/s1. The number of amides is 3. The SMILES string of the molecule is C=CCN(C(=O)[C@@H]1[C@H]2C(=O)N([C@@H](CO)CC(C)C)C(C(=O)N(CC=C)C(C)C)C23CC[C@H]1S3)c1ccccc1. The van der Waals surface area contributed by atoms with Crippen LogP contribution in [0.5, 0.6) is 0 Å². The molecule has 39 heavy (non-hydrogen) atoms. The molecule has 0 radical (unpaired) electrons. The first-order valence-electron chi connectivity index (χ1n) is 14.1. The van der Waals surface area contributed by atoms with E-state index in [1.54, 1.807) is 38.6 Å². The number of carbonyl (C=O) groups excluding carboxylic acids is 3. The molecule has 2 bridgehead atoms. The van der Waals surface area contributed by atoms with Gasteiger partial charge in [-0.3, -0.25) is 14.4 Å². The number of thioether (sulfide) groups is 1. The summed E-state index contributed by atoms with van der Waals surface area (Å²) in [5.74, 6) is -1.31. The van der Waals surface area contributed by atoms with Gasteiger partial charge in [0.2, 0.25) is 17.7 Å². The first-order valence-corrected chi connectivity index (χ1v) is 15.0. The molecular formula is C31H43N3O4S. The minimum atomic E-state index is -0.731. The van der Waals surface area contributed by atoms with E-state index in [0.29, 0.717) is 25.9 Å². The van der Waals surface area contributed by atoms with Crippen molar-refractivity contribution in [1.82, 2.24) is 9.80 Å². The van der Waals surface area contributed by atoms with Crippen LogP contribution in [0.25, 0.3) is 0 Å². The van der Waals surface area contributed by atoms with Gasteiger partial charge in [-0.2, -0.15) is 0 Å². The number of likely N-dealkylation sites (tertiary alicyclic amines) is 1. The lowest BCUT2D eigenvalue weighted by Gasteiger charge is -2.41. The Hall–Kier alpha value is -2.58. The average molecular weight is 554 g/mol. The third-order valence-corrected chi connectivity index (χ3v) is 10.4. The van der Waals surface area contributed by atoms with Gasteiger partial charge in [0.15, 0.2) is 0 Å². The fourth-order valence-electron chi connectivity index (χ4n) is 6.96. The zero-order valence-corrected chi connectivity index (χ0v) is 24.5. The molecule has 212 valence electrons. The van der Waals surface area contributed by atoms with Gasteiger partial charge in [0.1, 0.15) is 6.04 Å². The van der Waals surface area contributed by atoms with Gasteiger partial charge in [0.05, 0.1) is 29.2 Å². The van der Waals surface area contributed by atoms with Crippen molar-refractivity contribution in [2.24, 2.45) is 17.8 Å². The first-order chi connectivity index (χ1) is 18.6. The highest BCUT2D eigenvalue weighted by molar-refractivity contribution is 8.02. The summed E-state index contributed by atoms with van der Waals surface area (Å²) < 4.78 is -0.700. The smallest absolute Gasteiger partial charge is 0.247 e. The van der Waals surface area contributed by atoms with E-state index in [0.717, 1.165) is 12.1 Å². The molecule has 1 aromatic carbocycles. The number of aliphatic hydroxyl groups is 1. The molecule has 3 saturated heterocycles. The number of anilines is 1. The van der Waals surface area contributed by atoms with Gasteiger partial charge in [0, 0.05) is 30.1 Å². The summed E-state index contributed by atoms with van der Waals surface area (Å²) >= 11 is 1.66. The first kappa shape index (κ1) is 29.4. The maximum atomic E-state index is 14.5. The Balaban J connectivity index is 1.80. The summed E-state index contributed by atoms with van der Waals surface area (Å²) in [6, 6.07) is 8.19. The molecule has 0 aromatic heterocycles. The van der Waals surface area contributed by atoms with Crippen molar-refractivity contribution in [1.29, 1.82) is 0 Å². The van der Waals surface area contributed by atoms with Crippen molar-refractivity contribution in [3.63, 3.8) is 0 Å². The van der Waals surface area contributed by atoms with E-state index in [-0.39, 0.29) is 41.5 Å². The quantitative estimate of drug-likeness (QED) is 0.394. The van der Waals surface area contributed by atoms with Crippen molar-refractivity contribution in [3.05, 3.63) is 55.6 Å². The van der Waals surface area contributed by atoms with Crippen LogP contribution in [0.2, 0.25) is 0 Å². The highest BCUT2D eigenvalue weighted by Gasteiger charge is 2.74. The van der Waals surface area contributed by atoms with Crippen molar-refractivity contribution >= 4 is 35.2 Å². The monoisotopic (exact) mass is 553 g/mol. The Morgan fingerprint density at radius 1 is 1.13 bits per heavy atom. The Kier molecular flexibility index (Phi) is 8.96. The Morgan fingerprint density at radius 2 is 1.79 bits per heavy atom. The largest absolute Gasteiger partial charge is 0.394 e. The van der Waals surface area contributed by atoms with E-state index in [1.807, 2.05) is 44.2 Å². The van der Waals surface area contributed by atoms with Crippen molar-refractivity contribution in [2.45, 2.75) is 75.1 Å². The highest BCUT2D eigenvalue weighted by Crippen LogP contribution is 2.67. The van der Waals surface area contributed by atoms with E-state index in [2.05, 4.69) is 27.0 Å². The van der Waals surface area contributed by atoms with Crippen molar-refractivity contribution < 1.29 is 19.5 Å². The van der Waals surface area contributed by atoms with Gasteiger partial charge in [-0.1, -0.05) is 44.2 Å². The van der Waals surface area contributed by atoms with Crippen LogP contribution < -0.4 is 4.90 Å². The molecule has 1 aromatic rings. The molecule has 3 amide bonds. The molecule has 0 saturated carbocycles. The van der Waals surface area contributed by atoms with E-state index < -0.39 is 28.7 Å². The van der Waals surface area contributed by atoms with E-state index in [9.17, 15) is 19.5 Å². The molecule has 3 aliphatic heterocycles. The topological polar surface area (TPSA) is 81.2 Å². The Labute approximate surface area is 237 Å². The molecule has 6 atom stereocenters. The van der Waals surface area contributed by atoms with E-state index >= 15 is 0 Å². The molecule has 1 N–H and O–H groups in total. The van der Waals surface area contributed by atoms with Crippen LogP contribution in [0, 0.1) is 17.8 Å². The van der Waals surface area contributed by atoms with Crippen LogP contribution in [-0.4, -0.2) is 80.4 Å². The van der Waals surface area contributed by atoms with Gasteiger partial charge in [0.25, 0.3) is 0 Å². The fourth-order valence-corrected chi connectivity index (χ4v) is 9.15. The second-order valence-electron chi connectivity index (χ2n) is 11.7. The molecule has 2 unspecified atom stereocenters. The summed E-state index contributed by atoms with van der Waals surface area (Å²) in [6.45, 7) is 16.2. The number of carbonyl (C=O) groups is 3. The van der Waals surface area contributed by atoms with Crippen LogP contribution in [-0.2, 0) is 14.4 Å². The highest BCUT2D eigenvalue weighted by atomic mass is 32.2. The van der Waals surface area contributed by atoms with Gasteiger partial charge >= 0.3 is 0 Å². The number of hydrogen-bond acceptors (Lipinski definition) is 5. The minimum Gasteiger partial charge on any atom is -0.394 e. The van der Waals surface area contributed by atoms with Crippen LogP contribution in [0.15, 0.2) is 55.6 Å². The molecule has 3 heterocycles. The van der Waals surface area contributed by atoms with Gasteiger partial charge in [-0.05, 0) is 51.2 Å². The molecule has 0 aliphatic carbocycles. The van der Waals surface area contributed by atoms with Crippen molar-refractivity contribution in [3.8, 4) is 0 Å². The number of nitrogens with zero attached hydrogens (tertiary/aromatic N) is 3. The van der Waals surface area contributed by atoms with Gasteiger partial charge in [-0.25, -0.2) is 0 Å². The average Bonchev–Trinajstić information content (AvgIpc) is 3.56. The molecule has 8 heteroatoms. The second-order valence-corrected chi connectivity index (χ2v) is 13.3. The molecule has 4 rings (SSSR count). The number of aliphatic hydroxyl groups excluding tert-OH is 1. The van der Waals surface area contributed by atoms with Crippen molar-refractivity contribution in [2.75, 3.05) is 24.6 Å². The van der Waals surface area contributed by atoms with E-state index in [4.69, 9.17) is 0 Å². The summed E-state index contributed by atoms with van der Waals surface area (Å²) in [6.07, 6.45) is 5.47. The van der Waals surface area contributed by atoms with Gasteiger partial charge in [-0.15, -0.1) is 24.9 Å². The van der Waals surface area contributed by atoms with Gasteiger partial charge < -0.3 is 19.8 Å². The number of hydrogen-bond donors (Lipinski definition) is 1. The number of para-hydroxylation sites is 1. The second kappa shape index (κ2) is 11.9. The maximum Gasteiger partial charge on any atom is 0.247 e. The predicted molar refractivity (Wildman–Crippen MR) is 157 cm³/mol. The molecule has 7 nitrogen and oxygen atoms in total. The molecule has 3 aliphatic rings. The summed E-state index contributed by atoms with van der Waals surface area (Å²) in [4.78, 5) is 48.3.